The second-order valence-electron chi connectivity index (χ2n) is 7.44. The zero-order chi connectivity index (χ0) is 19.1. The van der Waals surface area contributed by atoms with Crippen LogP contribution in [0.3, 0.4) is 0 Å². The second-order valence-corrected chi connectivity index (χ2v) is 7.44. The fraction of sp³-hybridized carbons (Fsp3) is 0.478. The first-order valence-corrected chi connectivity index (χ1v) is 9.95. The van der Waals surface area contributed by atoms with Gasteiger partial charge in [-0.15, -0.1) is 0 Å². The van der Waals surface area contributed by atoms with Crippen LogP contribution < -0.4 is 0 Å². The highest BCUT2D eigenvalue weighted by Crippen LogP contribution is 2.30. The average molecular weight is 369 g/mol. The highest BCUT2D eigenvalue weighted by molar-refractivity contribution is 5.35. The van der Waals surface area contributed by atoms with Gasteiger partial charge in [0.05, 0.1) is 25.9 Å². The van der Waals surface area contributed by atoms with Gasteiger partial charge in [0.1, 0.15) is 0 Å². The Morgan fingerprint density at radius 1 is 0.889 bits per heavy atom. The lowest BCUT2D eigenvalue weighted by Gasteiger charge is -2.40. The SMILES string of the molecule is Cc1ccc(C(c2cccc(C)c2)N2CCN(CCOCCO)CC2)cc1. The Morgan fingerprint density at radius 2 is 1.63 bits per heavy atom. The largest absolute Gasteiger partial charge is 0.394 e. The molecular formula is C23H32N2O2. The van der Waals surface area contributed by atoms with E-state index in [1.54, 1.807) is 0 Å². The minimum Gasteiger partial charge on any atom is -0.394 e. The molecule has 1 saturated heterocycles. The van der Waals surface area contributed by atoms with E-state index in [1.165, 1.54) is 22.3 Å². The standard InChI is InChI=1S/C23H32N2O2/c1-19-6-8-21(9-7-19)23(22-5-3-4-20(2)18-22)25-12-10-24(11-13-25)14-16-27-17-15-26/h3-9,18,23,26H,10-17H2,1-2H3. The van der Waals surface area contributed by atoms with E-state index in [1.807, 2.05) is 0 Å². The number of nitrogens with zero attached hydrogens (tertiary/aromatic N) is 2. The number of ether oxygens (including phenoxy) is 1. The fourth-order valence-electron chi connectivity index (χ4n) is 3.81. The van der Waals surface area contributed by atoms with Crippen molar-refractivity contribution in [1.82, 2.24) is 9.80 Å². The van der Waals surface area contributed by atoms with Crippen LogP contribution >= 0.6 is 0 Å². The Hall–Kier alpha value is -1.72. The van der Waals surface area contributed by atoms with Crippen molar-refractivity contribution in [3.8, 4) is 0 Å². The molecule has 2 aromatic rings. The molecule has 4 heteroatoms. The smallest absolute Gasteiger partial charge is 0.0698 e. The quantitative estimate of drug-likeness (QED) is 0.727. The lowest BCUT2D eigenvalue weighted by atomic mass is 9.94. The van der Waals surface area contributed by atoms with Crippen LogP contribution in [0.2, 0.25) is 0 Å². The number of aryl methyl sites for hydroxylation is 2. The lowest BCUT2D eigenvalue weighted by Crippen LogP contribution is -2.48. The summed E-state index contributed by atoms with van der Waals surface area (Å²) in [5.41, 5.74) is 5.35. The molecular weight excluding hydrogens is 336 g/mol. The summed E-state index contributed by atoms with van der Waals surface area (Å²) in [4.78, 5) is 5.06. The Labute approximate surface area is 163 Å². The van der Waals surface area contributed by atoms with Crippen LogP contribution in [-0.4, -0.2) is 67.5 Å². The first kappa shape index (κ1) is 20.0. The third-order valence-electron chi connectivity index (χ3n) is 5.31. The Kier molecular flexibility index (Phi) is 7.41. The van der Waals surface area contributed by atoms with E-state index >= 15 is 0 Å². The first-order valence-electron chi connectivity index (χ1n) is 9.95. The molecule has 0 saturated carbocycles. The molecule has 0 radical (unpaired) electrons. The summed E-state index contributed by atoms with van der Waals surface area (Å²) < 4.78 is 5.42. The van der Waals surface area contributed by atoms with Gasteiger partial charge in [0.25, 0.3) is 0 Å². The molecule has 1 aliphatic heterocycles. The average Bonchev–Trinajstić information content (AvgIpc) is 2.68. The molecule has 146 valence electrons. The molecule has 0 aliphatic carbocycles. The minimum atomic E-state index is 0.0997. The van der Waals surface area contributed by atoms with Gasteiger partial charge in [0.2, 0.25) is 0 Å². The molecule has 0 aromatic heterocycles. The number of aliphatic hydroxyl groups is 1. The van der Waals surface area contributed by atoms with Crippen molar-refractivity contribution in [1.29, 1.82) is 0 Å². The van der Waals surface area contributed by atoms with Gasteiger partial charge in [-0.25, -0.2) is 0 Å². The van der Waals surface area contributed by atoms with E-state index < -0.39 is 0 Å². The molecule has 1 unspecified atom stereocenters. The van der Waals surface area contributed by atoms with Crippen molar-refractivity contribution in [3.63, 3.8) is 0 Å². The molecule has 0 bridgehead atoms. The number of rotatable bonds is 8. The van der Waals surface area contributed by atoms with Gasteiger partial charge in [-0.2, -0.15) is 0 Å². The van der Waals surface area contributed by atoms with Gasteiger partial charge in [0.15, 0.2) is 0 Å². The highest BCUT2D eigenvalue weighted by Gasteiger charge is 2.26. The zero-order valence-electron chi connectivity index (χ0n) is 16.6. The van der Waals surface area contributed by atoms with Crippen LogP contribution in [0.25, 0.3) is 0 Å². The van der Waals surface area contributed by atoms with Gasteiger partial charge in [-0.1, -0.05) is 59.7 Å². The van der Waals surface area contributed by atoms with Gasteiger partial charge in [-0.3, -0.25) is 9.80 Å². The highest BCUT2D eigenvalue weighted by atomic mass is 16.5. The van der Waals surface area contributed by atoms with E-state index in [2.05, 4.69) is 72.2 Å². The monoisotopic (exact) mass is 368 g/mol. The minimum absolute atomic E-state index is 0.0997. The molecule has 1 fully saturated rings. The van der Waals surface area contributed by atoms with E-state index in [-0.39, 0.29) is 6.61 Å². The molecule has 1 aliphatic rings. The summed E-state index contributed by atoms with van der Waals surface area (Å²) in [6.07, 6.45) is 0. The molecule has 1 N–H and O–H groups in total. The first-order chi connectivity index (χ1) is 13.2. The number of hydrogen-bond donors (Lipinski definition) is 1. The maximum atomic E-state index is 8.81. The molecule has 1 atom stereocenters. The normalized spacial score (nSPS) is 17.1. The Balaban J connectivity index is 1.70. The van der Waals surface area contributed by atoms with Gasteiger partial charge in [-0.05, 0) is 25.0 Å². The molecule has 2 aromatic carbocycles. The molecule has 1 heterocycles. The molecule has 4 nitrogen and oxygen atoms in total. The fourth-order valence-corrected chi connectivity index (χ4v) is 3.81. The molecule has 0 amide bonds. The van der Waals surface area contributed by atoms with Gasteiger partial charge < -0.3 is 9.84 Å². The number of aliphatic hydroxyl groups excluding tert-OH is 1. The summed E-state index contributed by atoms with van der Waals surface area (Å²) in [5.74, 6) is 0. The van der Waals surface area contributed by atoms with Crippen molar-refractivity contribution in [2.45, 2.75) is 19.9 Å². The number of piperazine rings is 1. The van der Waals surface area contributed by atoms with Crippen molar-refractivity contribution in [2.75, 3.05) is 52.5 Å². The van der Waals surface area contributed by atoms with Crippen LogP contribution in [0.5, 0.6) is 0 Å². The van der Waals surface area contributed by atoms with Gasteiger partial charge >= 0.3 is 0 Å². The summed E-state index contributed by atoms with van der Waals surface area (Å²) in [5, 5.41) is 8.81. The number of benzene rings is 2. The van der Waals surface area contributed by atoms with Crippen molar-refractivity contribution >= 4 is 0 Å². The van der Waals surface area contributed by atoms with Crippen LogP contribution in [0.15, 0.2) is 48.5 Å². The van der Waals surface area contributed by atoms with Crippen LogP contribution in [0.1, 0.15) is 28.3 Å². The predicted molar refractivity (Wildman–Crippen MR) is 110 cm³/mol. The predicted octanol–water partition coefficient (Wildman–Crippen LogP) is 3.02. The molecule has 27 heavy (non-hydrogen) atoms. The third-order valence-corrected chi connectivity index (χ3v) is 5.31. The Morgan fingerprint density at radius 3 is 2.30 bits per heavy atom. The van der Waals surface area contributed by atoms with E-state index in [0.717, 1.165) is 32.7 Å². The maximum absolute atomic E-state index is 8.81. The van der Waals surface area contributed by atoms with Crippen molar-refractivity contribution < 1.29 is 9.84 Å². The topological polar surface area (TPSA) is 35.9 Å². The lowest BCUT2D eigenvalue weighted by molar-refractivity contribution is 0.0522. The number of hydrogen-bond acceptors (Lipinski definition) is 4. The maximum Gasteiger partial charge on any atom is 0.0698 e. The van der Waals surface area contributed by atoms with Gasteiger partial charge in [0, 0.05) is 32.7 Å². The summed E-state index contributed by atoms with van der Waals surface area (Å²) >= 11 is 0. The summed E-state index contributed by atoms with van der Waals surface area (Å²) in [6, 6.07) is 18.2. The van der Waals surface area contributed by atoms with E-state index in [4.69, 9.17) is 9.84 Å². The van der Waals surface area contributed by atoms with E-state index in [9.17, 15) is 0 Å². The van der Waals surface area contributed by atoms with Crippen LogP contribution in [-0.2, 0) is 4.74 Å². The Bertz CT molecular complexity index is 694. The molecule has 0 spiro atoms. The summed E-state index contributed by atoms with van der Waals surface area (Å²) in [6.45, 7) is 10.7. The van der Waals surface area contributed by atoms with E-state index in [0.29, 0.717) is 19.3 Å². The van der Waals surface area contributed by atoms with Crippen LogP contribution in [0.4, 0.5) is 0 Å². The second kappa shape index (κ2) is 10.00. The van der Waals surface area contributed by atoms with Crippen LogP contribution in [0, 0.1) is 13.8 Å². The molecule has 3 rings (SSSR count). The zero-order valence-corrected chi connectivity index (χ0v) is 16.6. The third kappa shape index (κ3) is 5.63. The van der Waals surface area contributed by atoms with Crippen molar-refractivity contribution in [3.05, 3.63) is 70.8 Å². The summed E-state index contributed by atoms with van der Waals surface area (Å²) in [7, 11) is 0. The van der Waals surface area contributed by atoms with Crippen molar-refractivity contribution in [2.24, 2.45) is 0 Å².